The van der Waals surface area contributed by atoms with Gasteiger partial charge in [0.2, 0.25) is 5.91 Å². The van der Waals surface area contributed by atoms with Crippen molar-refractivity contribution in [2.24, 2.45) is 0 Å². The summed E-state index contributed by atoms with van der Waals surface area (Å²) in [4.78, 5) is 17.7. The van der Waals surface area contributed by atoms with Crippen molar-refractivity contribution in [3.8, 4) is 28.5 Å². The fourth-order valence-electron chi connectivity index (χ4n) is 3.43. The van der Waals surface area contributed by atoms with Gasteiger partial charge in [-0.1, -0.05) is 87.9 Å². The number of hydrogen-bond donors (Lipinski definition) is 1. The van der Waals surface area contributed by atoms with Crippen molar-refractivity contribution < 1.29 is 4.79 Å². The number of nitrogens with zero attached hydrogens (tertiary/aromatic N) is 2. The van der Waals surface area contributed by atoms with Crippen LogP contribution in [0.4, 0.5) is 5.69 Å². The summed E-state index contributed by atoms with van der Waals surface area (Å²) in [6, 6.07) is 29.6. The van der Waals surface area contributed by atoms with Gasteiger partial charge in [-0.25, -0.2) is 4.98 Å². The topological polar surface area (TPSA) is 65.8 Å². The Hall–Kier alpha value is -3.40. The lowest BCUT2D eigenvalue weighted by Crippen LogP contribution is -2.22. The molecule has 1 heterocycles. The van der Waals surface area contributed by atoms with Crippen molar-refractivity contribution in [3.63, 3.8) is 0 Å². The monoisotopic (exact) mass is 527 g/mol. The molecule has 3 aromatic carbocycles. The first kappa shape index (κ1) is 23.7. The maximum absolute atomic E-state index is 12.9. The number of anilines is 1. The Morgan fingerprint density at radius 1 is 1.00 bits per heavy atom. The molecule has 168 valence electrons. The normalized spacial score (nSPS) is 11.5. The fourth-order valence-corrected chi connectivity index (χ4v) is 4.62. The van der Waals surface area contributed by atoms with Crippen molar-refractivity contribution in [1.29, 1.82) is 5.26 Å². The number of rotatable bonds is 6. The molecule has 4 nitrogen and oxygen atoms in total. The molecule has 1 amide bonds. The molecule has 0 saturated carbocycles. The molecule has 0 spiro atoms. The summed E-state index contributed by atoms with van der Waals surface area (Å²) in [5.41, 5.74) is 5.80. The van der Waals surface area contributed by atoms with Crippen LogP contribution in [0.2, 0.25) is 0 Å². The van der Waals surface area contributed by atoms with Gasteiger partial charge in [-0.2, -0.15) is 5.26 Å². The van der Waals surface area contributed by atoms with Crippen LogP contribution < -0.4 is 5.32 Å². The quantitative estimate of drug-likeness (QED) is 0.264. The van der Waals surface area contributed by atoms with Crippen molar-refractivity contribution in [3.05, 3.63) is 101 Å². The number of carbonyl (C=O) groups is 1. The van der Waals surface area contributed by atoms with E-state index in [1.54, 1.807) is 0 Å². The highest BCUT2D eigenvalue weighted by Gasteiger charge is 2.21. The summed E-state index contributed by atoms with van der Waals surface area (Å²) in [6.07, 6.45) is 0. The third-order valence-electron chi connectivity index (χ3n) is 5.30. The van der Waals surface area contributed by atoms with Gasteiger partial charge in [0.15, 0.2) is 0 Å². The molecule has 0 bridgehead atoms. The summed E-state index contributed by atoms with van der Waals surface area (Å²) in [5.74, 6) is -0.153. The number of pyridine rings is 1. The van der Waals surface area contributed by atoms with Crippen LogP contribution >= 0.6 is 27.7 Å². The molecule has 1 N–H and O–H groups in total. The third-order valence-corrected chi connectivity index (χ3v) is 6.91. The second-order valence-electron chi connectivity index (χ2n) is 7.84. The zero-order valence-corrected chi connectivity index (χ0v) is 21.2. The molecule has 1 aromatic heterocycles. The molecule has 0 aliphatic rings. The molecule has 4 aromatic rings. The Kier molecular flexibility index (Phi) is 7.46. The van der Waals surface area contributed by atoms with Gasteiger partial charge in [0.05, 0.1) is 16.5 Å². The molecule has 1 unspecified atom stereocenters. The Bertz CT molecular complexity index is 1350. The van der Waals surface area contributed by atoms with Crippen LogP contribution in [0.25, 0.3) is 22.4 Å². The summed E-state index contributed by atoms with van der Waals surface area (Å²) < 4.78 is 0.942. The van der Waals surface area contributed by atoms with Gasteiger partial charge in [-0.15, -0.1) is 0 Å². The second kappa shape index (κ2) is 10.7. The molecule has 0 fully saturated rings. The zero-order valence-electron chi connectivity index (χ0n) is 18.7. The maximum Gasteiger partial charge on any atom is 0.237 e. The number of thioether (sulfide) groups is 1. The minimum absolute atomic E-state index is 0.153. The predicted molar refractivity (Wildman–Crippen MR) is 143 cm³/mol. The van der Waals surface area contributed by atoms with Gasteiger partial charge >= 0.3 is 0 Å². The van der Waals surface area contributed by atoms with Crippen LogP contribution in [0.5, 0.6) is 0 Å². The number of carbonyl (C=O) groups excluding carboxylic acids is 1. The highest BCUT2D eigenvalue weighted by molar-refractivity contribution is 9.10. The van der Waals surface area contributed by atoms with Crippen molar-refractivity contribution in [2.75, 3.05) is 5.32 Å². The van der Waals surface area contributed by atoms with Crippen LogP contribution in [-0.2, 0) is 4.79 Å². The lowest BCUT2D eigenvalue weighted by Gasteiger charge is -2.16. The summed E-state index contributed by atoms with van der Waals surface area (Å²) in [5, 5.41) is 13.1. The Balaban J connectivity index is 1.72. The first-order valence-corrected chi connectivity index (χ1v) is 12.4. The molecule has 0 aliphatic carbocycles. The standard InChI is InChI=1S/C28H22BrN3OS/c1-18-8-10-21(11-9-18)26-16-24(20-6-4-3-5-7-20)25(17-30)28(32-26)34-19(2)27(33)31-23-14-12-22(29)13-15-23/h3-16,19H,1-2H3,(H,31,33). The summed E-state index contributed by atoms with van der Waals surface area (Å²) >= 11 is 4.69. The average molecular weight is 528 g/mol. The van der Waals surface area contributed by atoms with Crippen molar-refractivity contribution >= 4 is 39.3 Å². The van der Waals surface area contributed by atoms with E-state index in [9.17, 15) is 10.1 Å². The number of nitrogens with one attached hydrogen (secondary N) is 1. The first-order chi connectivity index (χ1) is 16.4. The van der Waals surface area contributed by atoms with Crippen molar-refractivity contribution in [2.45, 2.75) is 24.1 Å². The van der Waals surface area contributed by atoms with E-state index in [0.29, 0.717) is 16.3 Å². The van der Waals surface area contributed by atoms with Crippen LogP contribution in [-0.4, -0.2) is 16.1 Å². The molecule has 34 heavy (non-hydrogen) atoms. The van der Waals surface area contributed by atoms with E-state index in [2.05, 4.69) is 27.3 Å². The number of benzene rings is 3. The minimum atomic E-state index is -0.458. The minimum Gasteiger partial charge on any atom is -0.325 e. The van der Waals surface area contributed by atoms with E-state index in [0.717, 1.165) is 32.4 Å². The van der Waals surface area contributed by atoms with E-state index in [-0.39, 0.29) is 5.91 Å². The van der Waals surface area contributed by atoms with Gasteiger partial charge in [-0.05, 0) is 49.7 Å². The Morgan fingerprint density at radius 2 is 1.68 bits per heavy atom. The number of hydrogen-bond acceptors (Lipinski definition) is 4. The molecule has 0 radical (unpaired) electrons. The zero-order chi connectivity index (χ0) is 24.1. The maximum atomic E-state index is 12.9. The van der Waals surface area contributed by atoms with Gasteiger partial charge in [0.25, 0.3) is 0 Å². The molecule has 4 rings (SSSR count). The van der Waals surface area contributed by atoms with Gasteiger partial charge in [0, 0.05) is 21.3 Å². The Labute approximate surface area is 212 Å². The van der Waals surface area contributed by atoms with E-state index in [1.807, 2.05) is 98.8 Å². The predicted octanol–water partition coefficient (Wildman–Crippen LogP) is 7.48. The third kappa shape index (κ3) is 5.56. The van der Waals surface area contributed by atoms with E-state index < -0.39 is 5.25 Å². The van der Waals surface area contributed by atoms with Crippen molar-refractivity contribution in [1.82, 2.24) is 4.98 Å². The largest absolute Gasteiger partial charge is 0.325 e. The first-order valence-electron chi connectivity index (χ1n) is 10.8. The molecule has 0 saturated heterocycles. The van der Waals surface area contributed by atoms with Gasteiger partial charge in [-0.3, -0.25) is 4.79 Å². The number of nitriles is 1. The number of amides is 1. The molecular formula is C28H22BrN3OS. The number of aromatic nitrogens is 1. The molecular weight excluding hydrogens is 506 g/mol. The van der Waals surface area contributed by atoms with Crippen LogP contribution in [0.15, 0.2) is 94.4 Å². The van der Waals surface area contributed by atoms with Crippen LogP contribution in [0, 0.1) is 18.3 Å². The average Bonchev–Trinajstić information content (AvgIpc) is 2.86. The number of aryl methyl sites for hydroxylation is 1. The highest BCUT2D eigenvalue weighted by Crippen LogP contribution is 2.36. The summed E-state index contributed by atoms with van der Waals surface area (Å²) in [6.45, 7) is 3.86. The fraction of sp³-hybridized carbons (Fsp3) is 0.107. The molecule has 1 atom stereocenters. The van der Waals surface area contributed by atoms with E-state index in [1.165, 1.54) is 11.8 Å². The summed E-state index contributed by atoms with van der Waals surface area (Å²) in [7, 11) is 0. The van der Waals surface area contributed by atoms with Gasteiger partial charge in [0.1, 0.15) is 11.1 Å². The Morgan fingerprint density at radius 3 is 2.32 bits per heavy atom. The van der Waals surface area contributed by atoms with Crippen LogP contribution in [0.3, 0.4) is 0 Å². The van der Waals surface area contributed by atoms with E-state index in [4.69, 9.17) is 4.98 Å². The lowest BCUT2D eigenvalue weighted by atomic mass is 9.99. The van der Waals surface area contributed by atoms with Crippen LogP contribution in [0.1, 0.15) is 18.1 Å². The SMILES string of the molecule is Cc1ccc(-c2cc(-c3ccccc3)c(C#N)c(SC(C)C(=O)Nc3ccc(Br)cc3)n2)cc1. The lowest BCUT2D eigenvalue weighted by molar-refractivity contribution is -0.115. The van der Waals surface area contributed by atoms with E-state index >= 15 is 0 Å². The second-order valence-corrected chi connectivity index (χ2v) is 10.1. The van der Waals surface area contributed by atoms with Gasteiger partial charge < -0.3 is 5.32 Å². The smallest absolute Gasteiger partial charge is 0.237 e. The molecule has 6 heteroatoms. The number of halogens is 1. The molecule has 0 aliphatic heterocycles. The highest BCUT2D eigenvalue weighted by atomic mass is 79.9.